The van der Waals surface area contributed by atoms with E-state index in [1.807, 2.05) is 13.1 Å². The van der Waals surface area contributed by atoms with E-state index in [-0.39, 0.29) is 5.56 Å². The topological polar surface area (TPSA) is 40.5 Å². The molecule has 0 atom stereocenters. The van der Waals surface area contributed by atoms with Crippen LogP contribution in [0, 0.1) is 5.41 Å². The third-order valence-electron chi connectivity index (χ3n) is 4.43. The van der Waals surface area contributed by atoms with Gasteiger partial charge in [-0.05, 0) is 49.3 Å². The first kappa shape index (κ1) is 15.2. The van der Waals surface area contributed by atoms with Gasteiger partial charge in [0.05, 0.1) is 16.3 Å². The van der Waals surface area contributed by atoms with E-state index in [9.17, 15) is 4.79 Å². The first-order valence-corrected chi connectivity index (χ1v) is 7.44. The minimum absolute atomic E-state index is 0.233. The van der Waals surface area contributed by atoms with Crippen LogP contribution in [0.5, 0.6) is 0 Å². The maximum atomic E-state index is 10.9. The molecule has 110 valence electrons. The first-order valence-electron chi connectivity index (χ1n) is 7.06. The van der Waals surface area contributed by atoms with Crippen LogP contribution in [-0.4, -0.2) is 24.2 Å². The lowest BCUT2D eigenvalue weighted by Crippen LogP contribution is -2.37. The molecule has 0 amide bonds. The van der Waals surface area contributed by atoms with Gasteiger partial charge in [-0.3, -0.25) is 0 Å². The fourth-order valence-corrected chi connectivity index (χ4v) is 3.21. The number of rotatable bonds is 3. The minimum atomic E-state index is -0.944. The van der Waals surface area contributed by atoms with Crippen LogP contribution in [0.4, 0.5) is 5.69 Å². The van der Waals surface area contributed by atoms with Crippen molar-refractivity contribution < 1.29 is 9.90 Å². The Labute approximate surface area is 125 Å². The largest absolute Gasteiger partial charge is 0.478 e. The van der Waals surface area contributed by atoms with Crippen LogP contribution in [0.1, 0.15) is 49.9 Å². The van der Waals surface area contributed by atoms with Gasteiger partial charge < -0.3 is 10.0 Å². The molecule has 0 aliphatic heterocycles. The van der Waals surface area contributed by atoms with E-state index in [1.165, 1.54) is 18.9 Å². The Kier molecular flexibility index (Phi) is 4.28. The molecule has 1 saturated carbocycles. The number of hydrogen-bond acceptors (Lipinski definition) is 2. The van der Waals surface area contributed by atoms with Crippen molar-refractivity contribution in [1.82, 2.24) is 0 Å². The maximum Gasteiger partial charge on any atom is 0.335 e. The van der Waals surface area contributed by atoms with Crippen molar-refractivity contribution in [2.45, 2.75) is 45.6 Å². The summed E-state index contributed by atoms with van der Waals surface area (Å²) in [6.07, 6.45) is 4.74. The van der Waals surface area contributed by atoms with E-state index in [4.69, 9.17) is 16.7 Å². The van der Waals surface area contributed by atoms with Gasteiger partial charge in [0.2, 0.25) is 0 Å². The van der Waals surface area contributed by atoms with E-state index in [1.54, 1.807) is 6.07 Å². The molecule has 1 aromatic rings. The molecule has 0 aromatic heterocycles. The average molecular weight is 296 g/mol. The van der Waals surface area contributed by atoms with Gasteiger partial charge in [0, 0.05) is 13.1 Å². The number of carboxylic acid groups (broad SMARTS) is 1. The summed E-state index contributed by atoms with van der Waals surface area (Å²) in [5.41, 5.74) is 1.59. The highest BCUT2D eigenvalue weighted by Crippen LogP contribution is 2.39. The number of carbonyl (C=O) groups is 1. The lowest BCUT2D eigenvalue weighted by Gasteiger charge is -2.39. The summed E-state index contributed by atoms with van der Waals surface area (Å²) in [5.74, 6) is -0.944. The second kappa shape index (κ2) is 5.65. The molecule has 0 spiro atoms. The van der Waals surface area contributed by atoms with Gasteiger partial charge in [0.25, 0.3) is 0 Å². The van der Waals surface area contributed by atoms with Crippen molar-refractivity contribution in [1.29, 1.82) is 0 Å². The van der Waals surface area contributed by atoms with Crippen LogP contribution in [0.3, 0.4) is 0 Å². The number of nitrogens with zero attached hydrogens (tertiary/aromatic N) is 1. The molecule has 1 aliphatic carbocycles. The van der Waals surface area contributed by atoms with Crippen molar-refractivity contribution in [3.05, 3.63) is 28.8 Å². The highest BCUT2D eigenvalue weighted by molar-refractivity contribution is 6.33. The quantitative estimate of drug-likeness (QED) is 0.896. The Morgan fingerprint density at radius 3 is 2.45 bits per heavy atom. The first-order chi connectivity index (χ1) is 9.30. The summed E-state index contributed by atoms with van der Waals surface area (Å²) >= 11 is 6.24. The monoisotopic (exact) mass is 295 g/mol. The zero-order valence-electron chi connectivity index (χ0n) is 12.3. The van der Waals surface area contributed by atoms with Crippen LogP contribution >= 0.6 is 11.6 Å². The van der Waals surface area contributed by atoms with Crippen LogP contribution in [0.25, 0.3) is 0 Å². The van der Waals surface area contributed by atoms with Crippen molar-refractivity contribution >= 4 is 23.3 Å². The molecule has 1 aromatic carbocycles. The molecule has 20 heavy (non-hydrogen) atoms. The molecule has 0 bridgehead atoms. The Morgan fingerprint density at radius 2 is 1.95 bits per heavy atom. The molecular weight excluding hydrogens is 274 g/mol. The van der Waals surface area contributed by atoms with Gasteiger partial charge in [-0.2, -0.15) is 0 Å². The SMILES string of the molecule is CN(c1ccc(C(=O)O)cc1Cl)C1CCC(C)(C)CC1. The Morgan fingerprint density at radius 1 is 1.35 bits per heavy atom. The van der Waals surface area contributed by atoms with Crippen molar-refractivity contribution in [3.63, 3.8) is 0 Å². The van der Waals surface area contributed by atoms with Crippen molar-refractivity contribution in [3.8, 4) is 0 Å². The predicted molar refractivity (Wildman–Crippen MR) is 82.9 cm³/mol. The average Bonchev–Trinajstić information content (AvgIpc) is 2.37. The number of halogens is 1. The molecule has 1 aliphatic rings. The normalized spacial score (nSPS) is 18.8. The fourth-order valence-electron chi connectivity index (χ4n) is 2.89. The molecule has 0 saturated heterocycles. The summed E-state index contributed by atoms with van der Waals surface area (Å²) < 4.78 is 0. The van der Waals surface area contributed by atoms with Crippen LogP contribution in [0.2, 0.25) is 5.02 Å². The van der Waals surface area contributed by atoms with Crippen LogP contribution < -0.4 is 4.90 Å². The third kappa shape index (κ3) is 3.26. The summed E-state index contributed by atoms with van der Waals surface area (Å²) in [6, 6.07) is 5.44. The van der Waals surface area contributed by atoms with Gasteiger partial charge in [-0.15, -0.1) is 0 Å². The standard InChI is InChI=1S/C16H22ClNO2/c1-16(2)8-6-12(7-9-16)18(3)14-5-4-11(15(19)20)10-13(14)17/h4-5,10,12H,6-9H2,1-3H3,(H,19,20). The number of hydrogen-bond donors (Lipinski definition) is 1. The number of benzene rings is 1. The van der Waals surface area contributed by atoms with E-state index in [2.05, 4.69) is 18.7 Å². The van der Waals surface area contributed by atoms with Crippen LogP contribution in [-0.2, 0) is 0 Å². The number of aromatic carboxylic acids is 1. The molecule has 4 heteroatoms. The molecule has 0 heterocycles. The van der Waals surface area contributed by atoms with Gasteiger partial charge in [-0.25, -0.2) is 4.79 Å². The van der Waals surface area contributed by atoms with E-state index >= 15 is 0 Å². The fraction of sp³-hybridized carbons (Fsp3) is 0.562. The maximum absolute atomic E-state index is 10.9. The van der Waals surface area contributed by atoms with Gasteiger partial charge in [0.1, 0.15) is 0 Å². The van der Waals surface area contributed by atoms with E-state index < -0.39 is 5.97 Å². The highest BCUT2D eigenvalue weighted by Gasteiger charge is 2.29. The third-order valence-corrected chi connectivity index (χ3v) is 4.73. The molecule has 2 rings (SSSR count). The Bertz CT molecular complexity index is 503. The molecular formula is C16H22ClNO2. The highest BCUT2D eigenvalue weighted by atomic mass is 35.5. The summed E-state index contributed by atoms with van der Waals surface area (Å²) in [4.78, 5) is 13.1. The second-order valence-corrected chi connectivity index (χ2v) is 6.88. The number of anilines is 1. The molecule has 0 unspecified atom stereocenters. The molecule has 3 nitrogen and oxygen atoms in total. The summed E-state index contributed by atoms with van der Waals surface area (Å²) in [5, 5.41) is 9.48. The Hall–Kier alpha value is -1.22. The lowest BCUT2D eigenvalue weighted by molar-refractivity contribution is 0.0697. The molecule has 1 N–H and O–H groups in total. The van der Waals surface area contributed by atoms with E-state index in [0.717, 1.165) is 18.5 Å². The Balaban J connectivity index is 2.13. The van der Waals surface area contributed by atoms with Crippen molar-refractivity contribution in [2.24, 2.45) is 5.41 Å². The van der Waals surface area contributed by atoms with E-state index in [0.29, 0.717) is 16.5 Å². The zero-order chi connectivity index (χ0) is 14.9. The van der Waals surface area contributed by atoms with Gasteiger partial charge in [-0.1, -0.05) is 25.4 Å². The number of carboxylic acids is 1. The van der Waals surface area contributed by atoms with Crippen molar-refractivity contribution in [2.75, 3.05) is 11.9 Å². The second-order valence-electron chi connectivity index (χ2n) is 6.48. The summed E-state index contributed by atoms with van der Waals surface area (Å²) in [7, 11) is 2.05. The zero-order valence-corrected chi connectivity index (χ0v) is 13.1. The minimum Gasteiger partial charge on any atom is -0.478 e. The van der Waals surface area contributed by atoms with Gasteiger partial charge in [0.15, 0.2) is 0 Å². The smallest absolute Gasteiger partial charge is 0.335 e. The molecule has 1 fully saturated rings. The molecule has 0 radical (unpaired) electrons. The van der Waals surface area contributed by atoms with Crippen LogP contribution in [0.15, 0.2) is 18.2 Å². The summed E-state index contributed by atoms with van der Waals surface area (Å²) in [6.45, 7) is 4.63. The van der Waals surface area contributed by atoms with Gasteiger partial charge >= 0.3 is 5.97 Å². The lowest BCUT2D eigenvalue weighted by atomic mass is 9.75. The predicted octanol–water partition coefficient (Wildman–Crippen LogP) is 4.44.